The lowest BCUT2D eigenvalue weighted by atomic mass is 9.93. The van der Waals surface area contributed by atoms with Crippen molar-refractivity contribution in [3.8, 4) is 11.5 Å². The van der Waals surface area contributed by atoms with Gasteiger partial charge in [-0.25, -0.2) is 4.68 Å². The molecule has 2 aromatic rings. The van der Waals surface area contributed by atoms with Crippen LogP contribution in [0.25, 0.3) is 0 Å². The fourth-order valence-corrected chi connectivity index (χ4v) is 3.70. The van der Waals surface area contributed by atoms with E-state index in [9.17, 15) is 13.6 Å². The van der Waals surface area contributed by atoms with Crippen LogP contribution in [0.5, 0.6) is 11.5 Å². The van der Waals surface area contributed by atoms with Crippen molar-refractivity contribution in [3.63, 3.8) is 0 Å². The van der Waals surface area contributed by atoms with Crippen molar-refractivity contribution in [2.24, 2.45) is 0 Å². The zero-order valence-corrected chi connectivity index (χ0v) is 14.8. The van der Waals surface area contributed by atoms with Gasteiger partial charge in [-0.1, -0.05) is 25.3 Å². The van der Waals surface area contributed by atoms with Gasteiger partial charge in [-0.05, 0) is 36.6 Å². The van der Waals surface area contributed by atoms with Gasteiger partial charge in [0.05, 0.1) is 0 Å². The molecule has 0 bridgehead atoms. The van der Waals surface area contributed by atoms with Crippen LogP contribution < -0.4 is 9.47 Å². The topological polar surface area (TPSA) is 56.6 Å². The van der Waals surface area contributed by atoms with E-state index in [4.69, 9.17) is 9.47 Å². The van der Waals surface area contributed by atoms with Gasteiger partial charge in [0.15, 0.2) is 17.2 Å². The lowest BCUT2D eigenvalue weighted by Gasteiger charge is -2.34. The second-order valence-electron chi connectivity index (χ2n) is 6.87. The van der Waals surface area contributed by atoms with Crippen LogP contribution in [0.15, 0.2) is 30.5 Å². The second kappa shape index (κ2) is 7.54. The quantitative estimate of drug-likeness (QED) is 0.791. The number of hydrogen-bond acceptors (Lipinski definition) is 4. The summed E-state index contributed by atoms with van der Waals surface area (Å²) in [5, 5.41) is 3.76. The van der Waals surface area contributed by atoms with Gasteiger partial charge < -0.3 is 14.4 Å². The Morgan fingerprint density at radius 3 is 2.70 bits per heavy atom. The third kappa shape index (κ3) is 3.74. The van der Waals surface area contributed by atoms with Crippen molar-refractivity contribution in [2.75, 3.05) is 6.79 Å². The van der Waals surface area contributed by atoms with Gasteiger partial charge in [-0.2, -0.15) is 13.9 Å². The summed E-state index contributed by atoms with van der Waals surface area (Å²) in [6.45, 7) is -2.19. The number of halogens is 2. The van der Waals surface area contributed by atoms with Gasteiger partial charge in [0.1, 0.15) is 0 Å². The molecule has 0 spiro atoms. The van der Waals surface area contributed by atoms with Crippen LogP contribution >= 0.6 is 0 Å². The molecule has 1 aliphatic heterocycles. The average Bonchev–Trinajstić information content (AvgIpc) is 3.35. The first-order chi connectivity index (χ1) is 13.1. The van der Waals surface area contributed by atoms with E-state index in [1.165, 1.54) is 6.07 Å². The molecule has 2 aliphatic rings. The first kappa shape index (κ1) is 17.8. The van der Waals surface area contributed by atoms with Gasteiger partial charge in [0.25, 0.3) is 5.91 Å². The lowest BCUT2D eigenvalue weighted by Crippen LogP contribution is -2.41. The van der Waals surface area contributed by atoms with Crippen molar-refractivity contribution in [1.82, 2.24) is 14.7 Å². The van der Waals surface area contributed by atoms with E-state index in [1.807, 2.05) is 18.2 Å². The predicted molar refractivity (Wildman–Crippen MR) is 92.8 cm³/mol. The lowest BCUT2D eigenvalue weighted by molar-refractivity contribution is 0.0528. The van der Waals surface area contributed by atoms with Gasteiger partial charge in [-0.3, -0.25) is 4.79 Å². The summed E-state index contributed by atoms with van der Waals surface area (Å²) < 4.78 is 36.9. The fourth-order valence-electron chi connectivity index (χ4n) is 3.70. The Balaban J connectivity index is 1.59. The third-order valence-corrected chi connectivity index (χ3v) is 5.09. The summed E-state index contributed by atoms with van der Waals surface area (Å²) in [5.74, 6) is 1.02. The normalized spacial score (nSPS) is 16.7. The first-order valence-corrected chi connectivity index (χ1v) is 9.14. The molecule has 1 saturated carbocycles. The number of fused-ring (bicyclic) bond motifs is 1. The maximum Gasteiger partial charge on any atom is 0.333 e. The number of benzene rings is 1. The summed E-state index contributed by atoms with van der Waals surface area (Å²) in [5.41, 5.74) is 0.952. The molecule has 0 saturated heterocycles. The molecule has 0 radical (unpaired) electrons. The molecule has 1 amide bonds. The first-order valence-electron chi connectivity index (χ1n) is 9.14. The number of aromatic nitrogens is 2. The zero-order valence-electron chi connectivity index (χ0n) is 14.8. The number of ether oxygens (including phenoxy) is 2. The summed E-state index contributed by atoms with van der Waals surface area (Å²) in [6, 6.07) is 7.02. The second-order valence-corrected chi connectivity index (χ2v) is 6.87. The molecule has 27 heavy (non-hydrogen) atoms. The van der Waals surface area contributed by atoms with Crippen molar-refractivity contribution in [3.05, 3.63) is 41.7 Å². The Morgan fingerprint density at radius 2 is 1.96 bits per heavy atom. The number of hydrogen-bond donors (Lipinski definition) is 0. The summed E-state index contributed by atoms with van der Waals surface area (Å²) in [7, 11) is 0. The van der Waals surface area contributed by atoms with E-state index in [1.54, 1.807) is 4.90 Å². The molecule has 0 atom stereocenters. The van der Waals surface area contributed by atoms with Crippen molar-refractivity contribution >= 4 is 5.91 Å². The predicted octanol–water partition coefficient (Wildman–Crippen LogP) is 3.98. The monoisotopic (exact) mass is 377 g/mol. The Hall–Kier alpha value is -2.64. The number of alkyl halides is 2. The van der Waals surface area contributed by atoms with E-state index >= 15 is 0 Å². The van der Waals surface area contributed by atoms with Crippen molar-refractivity contribution < 1.29 is 23.0 Å². The molecule has 0 N–H and O–H groups in total. The number of amides is 1. The minimum absolute atomic E-state index is 0.0432. The molecule has 144 valence electrons. The van der Waals surface area contributed by atoms with Gasteiger partial charge >= 0.3 is 6.55 Å². The third-order valence-electron chi connectivity index (χ3n) is 5.09. The van der Waals surface area contributed by atoms with Crippen LogP contribution in [0.3, 0.4) is 0 Å². The smallest absolute Gasteiger partial charge is 0.333 e. The molecule has 1 aliphatic carbocycles. The SMILES string of the molecule is O=C(c1ccn(C(F)F)n1)N(Cc1ccc2c(c1)OCO2)C1CCCCC1. The Labute approximate surface area is 155 Å². The van der Waals surface area contributed by atoms with Crippen LogP contribution in [0.1, 0.15) is 54.7 Å². The number of carbonyl (C=O) groups is 1. The standard InChI is InChI=1S/C19H21F2N3O3/c20-19(21)24-9-8-15(22-24)18(25)23(14-4-2-1-3-5-14)11-13-6-7-16-17(10-13)27-12-26-16/h6-10,14,19H,1-5,11-12H2. The van der Waals surface area contributed by atoms with E-state index in [0.717, 1.165) is 43.9 Å². The highest BCUT2D eigenvalue weighted by molar-refractivity contribution is 5.92. The molecule has 8 heteroatoms. The molecular weight excluding hydrogens is 356 g/mol. The Bertz CT molecular complexity index is 818. The van der Waals surface area contributed by atoms with Crippen LogP contribution in [0, 0.1) is 0 Å². The largest absolute Gasteiger partial charge is 0.454 e. The van der Waals surface area contributed by atoms with Crippen LogP contribution in [-0.4, -0.2) is 33.4 Å². The van der Waals surface area contributed by atoms with E-state index < -0.39 is 6.55 Å². The highest BCUT2D eigenvalue weighted by Gasteiger charge is 2.28. The highest BCUT2D eigenvalue weighted by atomic mass is 19.3. The van der Waals surface area contributed by atoms with Crippen LogP contribution in [0.2, 0.25) is 0 Å². The molecule has 2 heterocycles. The van der Waals surface area contributed by atoms with Crippen molar-refractivity contribution in [1.29, 1.82) is 0 Å². The maximum absolute atomic E-state index is 13.1. The Morgan fingerprint density at radius 1 is 1.19 bits per heavy atom. The average molecular weight is 377 g/mol. The zero-order chi connectivity index (χ0) is 18.8. The van der Waals surface area contributed by atoms with Crippen molar-refractivity contribution in [2.45, 2.75) is 51.2 Å². The molecule has 0 unspecified atom stereocenters. The Kier molecular flexibility index (Phi) is 4.96. The number of carbonyl (C=O) groups excluding carboxylic acids is 1. The van der Waals surface area contributed by atoms with E-state index in [0.29, 0.717) is 22.7 Å². The van der Waals surface area contributed by atoms with Gasteiger partial charge in [0.2, 0.25) is 6.79 Å². The highest BCUT2D eigenvalue weighted by Crippen LogP contribution is 2.34. The number of rotatable bonds is 5. The summed E-state index contributed by atoms with van der Waals surface area (Å²) in [6.07, 6.45) is 6.22. The molecule has 6 nitrogen and oxygen atoms in total. The minimum atomic E-state index is -2.76. The van der Waals surface area contributed by atoms with E-state index in [2.05, 4.69) is 5.10 Å². The molecular formula is C19H21F2N3O3. The maximum atomic E-state index is 13.1. The summed E-state index contributed by atoms with van der Waals surface area (Å²) >= 11 is 0. The molecule has 1 aromatic carbocycles. The van der Waals surface area contributed by atoms with Gasteiger partial charge in [-0.15, -0.1) is 0 Å². The van der Waals surface area contributed by atoms with Crippen LogP contribution in [0.4, 0.5) is 8.78 Å². The number of nitrogens with zero attached hydrogens (tertiary/aromatic N) is 3. The molecule has 4 rings (SSSR count). The minimum Gasteiger partial charge on any atom is -0.454 e. The van der Waals surface area contributed by atoms with Gasteiger partial charge in [0, 0.05) is 18.8 Å². The summed E-state index contributed by atoms with van der Waals surface area (Å²) in [4.78, 5) is 14.8. The van der Waals surface area contributed by atoms with Crippen LogP contribution in [-0.2, 0) is 6.54 Å². The van der Waals surface area contributed by atoms with E-state index in [-0.39, 0.29) is 24.4 Å². The molecule has 1 aromatic heterocycles. The fraction of sp³-hybridized carbons (Fsp3) is 0.474. The molecule has 1 fully saturated rings.